The van der Waals surface area contributed by atoms with Crippen molar-refractivity contribution in [3.05, 3.63) is 58.7 Å². The molecule has 2 aromatic carbocycles. The fourth-order valence-corrected chi connectivity index (χ4v) is 3.32. The molecule has 1 amide bonds. The largest absolute Gasteiger partial charge is 0.490 e. The van der Waals surface area contributed by atoms with Crippen molar-refractivity contribution in [3.63, 3.8) is 0 Å². The first-order chi connectivity index (χ1) is 11.8. The summed E-state index contributed by atoms with van der Waals surface area (Å²) < 4.78 is 11.2. The van der Waals surface area contributed by atoms with Gasteiger partial charge in [-0.15, -0.1) is 0 Å². The molecule has 4 heteroatoms. The zero-order valence-corrected chi connectivity index (χ0v) is 13.6. The molecule has 0 saturated carbocycles. The number of hydrogen-bond donors (Lipinski definition) is 1. The van der Waals surface area contributed by atoms with Crippen molar-refractivity contribution in [3.8, 4) is 11.5 Å². The van der Waals surface area contributed by atoms with Crippen molar-refractivity contribution in [1.29, 1.82) is 0 Å². The van der Waals surface area contributed by atoms with Gasteiger partial charge in [-0.1, -0.05) is 18.2 Å². The zero-order valence-electron chi connectivity index (χ0n) is 13.6. The van der Waals surface area contributed by atoms with Gasteiger partial charge in [0.05, 0.1) is 13.2 Å². The van der Waals surface area contributed by atoms with Gasteiger partial charge in [0, 0.05) is 18.5 Å². The predicted molar refractivity (Wildman–Crippen MR) is 91.7 cm³/mol. The van der Waals surface area contributed by atoms with Crippen LogP contribution in [0.25, 0.3) is 0 Å². The zero-order chi connectivity index (χ0) is 16.4. The van der Waals surface area contributed by atoms with Gasteiger partial charge in [-0.3, -0.25) is 4.79 Å². The van der Waals surface area contributed by atoms with Gasteiger partial charge < -0.3 is 14.8 Å². The average molecular weight is 323 g/mol. The van der Waals surface area contributed by atoms with Crippen molar-refractivity contribution < 1.29 is 14.3 Å². The summed E-state index contributed by atoms with van der Waals surface area (Å²) in [6.45, 7) is 1.81. The van der Waals surface area contributed by atoms with Crippen LogP contribution < -0.4 is 14.8 Å². The van der Waals surface area contributed by atoms with Crippen LogP contribution in [0.3, 0.4) is 0 Å². The first-order valence-corrected chi connectivity index (χ1v) is 8.58. The molecule has 1 aliphatic heterocycles. The molecule has 0 atom stereocenters. The van der Waals surface area contributed by atoms with E-state index in [9.17, 15) is 4.79 Å². The monoisotopic (exact) mass is 323 g/mol. The van der Waals surface area contributed by atoms with E-state index in [0.29, 0.717) is 36.8 Å². The molecule has 0 aromatic heterocycles. The van der Waals surface area contributed by atoms with E-state index in [1.54, 1.807) is 12.1 Å². The van der Waals surface area contributed by atoms with E-state index in [1.807, 2.05) is 6.07 Å². The van der Waals surface area contributed by atoms with Gasteiger partial charge in [0.15, 0.2) is 11.5 Å². The molecule has 0 spiro atoms. The van der Waals surface area contributed by atoms with Crippen molar-refractivity contribution >= 4 is 5.91 Å². The Balaban J connectivity index is 1.43. The van der Waals surface area contributed by atoms with Gasteiger partial charge in [0.25, 0.3) is 5.91 Å². The number of nitrogens with one attached hydrogen (secondary N) is 1. The van der Waals surface area contributed by atoms with Gasteiger partial charge in [0.2, 0.25) is 0 Å². The van der Waals surface area contributed by atoms with Crippen molar-refractivity contribution in [2.75, 3.05) is 13.2 Å². The highest BCUT2D eigenvalue weighted by atomic mass is 16.5. The summed E-state index contributed by atoms with van der Waals surface area (Å²) in [7, 11) is 0. The highest BCUT2D eigenvalue weighted by molar-refractivity contribution is 5.94. The Morgan fingerprint density at radius 1 is 0.917 bits per heavy atom. The van der Waals surface area contributed by atoms with E-state index in [0.717, 1.165) is 18.4 Å². The highest BCUT2D eigenvalue weighted by Crippen LogP contribution is 2.30. The summed E-state index contributed by atoms with van der Waals surface area (Å²) in [6.07, 6.45) is 4.43. The van der Waals surface area contributed by atoms with E-state index < -0.39 is 0 Å². The Hall–Kier alpha value is -2.49. The number of ether oxygens (including phenoxy) is 2. The summed E-state index contributed by atoms with van der Waals surface area (Å²) in [5.74, 6) is 1.27. The molecule has 0 bridgehead atoms. The molecule has 124 valence electrons. The smallest absolute Gasteiger partial charge is 0.251 e. The summed E-state index contributed by atoms with van der Waals surface area (Å²) in [5, 5.41) is 2.99. The Morgan fingerprint density at radius 2 is 1.75 bits per heavy atom. The van der Waals surface area contributed by atoms with Gasteiger partial charge in [0.1, 0.15) is 0 Å². The molecule has 0 saturated heterocycles. The number of amides is 1. The summed E-state index contributed by atoms with van der Waals surface area (Å²) in [4.78, 5) is 12.4. The second-order valence-electron chi connectivity index (χ2n) is 6.35. The molecule has 2 aromatic rings. The van der Waals surface area contributed by atoms with Crippen LogP contribution in [0.5, 0.6) is 11.5 Å². The average Bonchev–Trinajstić information content (AvgIpc) is 2.95. The summed E-state index contributed by atoms with van der Waals surface area (Å²) in [5.41, 5.74) is 4.63. The molecule has 0 fully saturated rings. The lowest BCUT2D eigenvalue weighted by Crippen LogP contribution is -2.22. The minimum Gasteiger partial charge on any atom is -0.490 e. The first kappa shape index (κ1) is 15.1. The second kappa shape index (κ2) is 6.56. The standard InChI is InChI=1S/C20H21NO3/c22-20(17-7-8-18-19(12-17)24-10-2-9-23-18)21-13-14-5-6-15-3-1-4-16(15)11-14/h5-8,11-12H,1-4,9-10,13H2,(H,21,22). The maximum atomic E-state index is 12.4. The van der Waals surface area contributed by atoms with Crippen LogP contribution in [-0.4, -0.2) is 19.1 Å². The molecule has 1 heterocycles. The Labute approximate surface area is 141 Å². The van der Waals surface area contributed by atoms with Crippen molar-refractivity contribution in [1.82, 2.24) is 5.32 Å². The minimum absolute atomic E-state index is 0.0915. The SMILES string of the molecule is O=C(NCc1ccc2c(c1)CCC2)c1ccc2c(c1)OCCCO2. The first-order valence-electron chi connectivity index (χ1n) is 8.58. The van der Waals surface area contributed by atoms with E-state index in [1.165, 1.54) is 24.0 Å². The van der Waals surface area contributed by atoms with Gasteiger partial charge >= 0.3 is 0 Å². The van der Waals surface area contributed by atoms with Crippen LogP contribution >= 0.6 is 0 Å². The molecule has 1 N–H and O–H groups in total. The minimum atomic E-state index is -0.0915. The lowest BCUT2D eigenvalue weighted by atomic mass is 10.1. The van der Waals surface area contributed by atoms with E-state index >= 15 is 0 Å². The van der Waals surface area contributed by atoms with E-state index in [4.69, 9.17) is 9.47 Å². The van der Waals surface area contributed by atoms with Crippen LogP contribution in [0.15, 0.2) is 36.4 Å². The topological polar surface area (TPSA) is 47.6 Å². The summed E-state index contributed by atoms with van der Waals surface area (Å²) >= 11 is 0. The number of carbonyl (C=O) groups excluding carboxylic acids is 1. The highest BCUT2D eigenvalue weighted by Gasteiger charge is 2.15. The number of aryl methyl sites for hydroxylation is 2. The van der Waals surface area contributed by atoms with Crippen LogP contribution in [-0.2, 0) is 19.4 Å². The molecule has 1 aliphatic carbocycles. The third-order valence-corrected chi connectivity index (χ3v) is 4.63. The quantitative estimate of drug-likeness (QED) is 0.943. The third kappa shape index (κ3) is 3.09. The van der Waals surface area contributed by atoms with Crippen molar-refractivity contribution in [2.45, 2.75) is 32.2 Å². The number of fused-ring (bicyclic) bond motifs is 2. The van der Waals surface area contributed by atoms with Crippen LogP contribution in [0.1, 0.15) is 39.9 Å². The number of benzene rings is 2. The third-order valence-electron chi connectivity index (χ3n) is 4.63. The number of hydrogen-bond acceptors (Lipinski definition) is 3. The second-order valence-corrected chi connectivity index (χ2v) is 6.35. The molecule has 2 aliphatic rings. The molecule has 4 nitrogen and oxygen atoms in total. The molecule has 0 radical (unpaired) electrons. The lowest BCUT2D eigenvalue weighted by molar-refractivity contribution is 0.0950. The molecular weight excluding hydrogens is 302 g/mol. The van der Waals surface area contributed by atoms with Gasteiger partial charge in [-0.25, -0.2) is 0 Å². The molecule has 0 unspecified atom stereocenters. The fraction of sp³-hybridized carbons (Fsp3) is 0.350. The summed E-state index contributed by atoms with van der Waals surface area (Å²) in [6, 6.07) is 11.9. The fourth-order valence-electron chi connectivity index (χ4n) is 3.32. The predicted octanol–water partition coefficient (Wildman–Crippen LogP) is 3.27. The Bertz CT molecular complexity index is 769. The Kier molecular flexibility index (Phi) is 4.11. The normalized spacial score (nSPS) is 15.5. The maximum Gasteiger partial charge on any atom is 0.251 e. The molecule has 4 rings (SSSR count). The van der Waals surface area contributed by atoms with Gasteiger partial charge in [-0.2, -0.15) is 0 Å². The number of carbonyl (C=O) groups is 1. The Morgan fingerprint density at radius 3 is 2.67 bits per heavy atom. The van der Waals surface area contributed by atoms with Crippen LogP contribution in [0.2, 0.25) is 0 Å². The van der Waals surface area contributed by atoms with Crippen LogP contribution in [0, 0.1) is 0 Å². The molecular formula is C20H21NO3. The van der Waals surface area contributed by atoms with E-state index in [-0.39, 0.29) is 5.91 Å². The number of rotatable bonds is 3. The maximum absolute atomic E-state index is 12.4. The van der Waals surface area contributed by atoms with E-state index in [2.05, 4.69) is 23.5 Å². The molecule has 24 heavy (non-hydrogen) atoms. The lowest BCUT2D eigenvalue weighted by Gasteiger charge is -2.10. The van der Waals surface area contributed by atoms with Gasteiger partial charge in [-0.05, 0) is 54.2 Å². The van der Waals surface area contributed by atoms with Crippen LogP contribution in [0.4, 0.5) is 0 Å². The van der Waals surface area contributed by atoms with Crippen molar-refractivity contribution in [2.24, 2.45) is 0 Å².